The monoisotopic (exact) mass is 306 g/mol. The Morgan fingerprint density at radius 2 is 2.14 bits per heavy atom. The summed E-state index contributed by atoms with van der Waals surface area (Å²) in [5, 5.41) is 19.3. The van der Waals surface area contributed by atoms with Gasteiger partial charge in [0.15, 0.2) is 0 Å². The smallest absolute Gasteiger partial charge is 0.257 e. The molecule has 1 heterocycles. The first-order valence-corrected chi connectivity index (χ1v) is 6.77. The number of aromatic nitrogens is 1. The third-order valence-corrected chi connectivity index (χ3v) is 3.18. The second kappa shape index (κ2) is 7.06. The molecule has 1 aromatic heterocycles. The van der Waals surface area contributed by atoms with Crippen LogP contribution in [0.15, 0.2) is 42.7 Å². The molecule has 0 atom stereocenters. The molecule has 0 spiro atoms. The van der Waals surface area contributed by atoms with Crippen molar-refractivity contribution in [3.63, 3.8) is 0 Å². The van der Waals surface area contributed by atoms with E-state index in [0.717, 1.165) is 5.56 Å². The Labute approximate surface area is 127 Å². The molecule has 2 N–H and O–H groups in total. The number of pyridine rings is 1. The fourth-order valence-corrected chi connectivity index (χ4v) is 2.11. The molecule has 2 rings (SSSR count). The van der Waals surface area contributed by atoms with Gasteiger partial charge in [-0.05, 0) is 29.8 Å². The number of amides is 1. The van der Waals surface area contributed by atoms with Crippen LogP contribution in [0.25, 0.3) is 0 Å². The number of halogens is 1. The van der Waals surface area contributed by atoms with Crippen molar-refractivity contribution in [3.05, 3.63) is 58.9 Å². The predicted octanol–water partition coefficient (Wildman–Crippen LogP) is 2.08. The number of aliphatic hydroxyl groups is 1. The normalized spacial score (nSPS) is 10.4. The van der Waals surface area contributed by atoms with E-state index in [0.29, 0.717) is 11.6 Å². The molecule has 0 saturated heterocycles. The molecule has 21 heavy (non-hydrogen) atoms. The lowest BCUT2D eigenvalue weighted by atomic mass is 10.1. The number of hydrogen-bond acceptors (Lipinski definition) is 4. The molecule has 0 aliphatic carbocycles. The summed E-state index contributed by atoms with van der Waals surface area (Å²) in [6.07, 6.45) is 3.30. The minimum atomic E-state index is -0.373. The van der Waals surface area contributed by atoms with Crippen LogP contribution in [0.1, 0.15) is 15.9 Å². The van der Waals surface area contributed by atoms with Crippen molar-refractivity contribution >= 4 is 17.5 Å². The first-order valence-electron chi connectivity index (χ1n) is 6.39. The van der Waals surface area contributed by atoms with Crippen LogP contribution in [0.2, 0.25) is 5.02 Å². The van der Waals surface area contributed by atoms with Gasteiger partial charge in [0.1, 0.15) is 5.75 Å². The highest BCUT2D eigenvalue weighted by atomic mass is 35.5. The Kier molecular flexibility index (Phi) is 5.14. The van der Waals surface area contributed by atoms with E-state index in [2.05, 4.69) is 4.98 Å². The predicted molar refractivity (Wildman–Crippen MR) is 79.2 cm³/mol. The number of nitrogens with zero attached hydrogens (tertiary/aromatic N) is 2. The van der Waals surface area contributed by atoms with Crippen LogP contribution >= 0.6 is 11.6 Å². The highest BCUT2D eigenvalue weighted by Gasteiger charge is 2.19. The molecule has 110 valence electrons. The maximum Gasteiger partial charge on any atom is 0.257 e. The first kappa shape index (κ1) is 15.3. The fourth-order valence-electron chi connectivity index (χ4n) is 1.94. The molecule has 0 bridgehead atoms. The second-order valence-electron chi connectivity index (χ2n) is 4.47. The molecule has 0 saturated carbocycles. The van der Waals surface area contributed by atoms with Gasteiger partial charge in [-0.3, -0.25) is 9.78 Å². The van der Waals surface area contributed by atoms with Crippen LogP contribution in [0.4, 0.5) is 0 Å². The third-order valence-electron chi connectivity index (χ3n) is 2.94. The van der Waals surface area contributed by atoms with Crippen LogP contribution in [0.5, 0.6) is 5.75 Å². The molecule has 0 unspecified atom stereocenters. The number of phenols is 1. The summed E-state index contributed by atoms with van der Waals surface area (Å²) in [6.45, 7) is 0.297. The van der Waals surface area contributed by atoms with Gasteiger partial charge in [-0.25, -0.2) is 0 Å². The quantitative estimate of drug-likeness (QED) is 0.887. The largest absolute Gasteiger partial charge is 0.507 e. The van der Waals surface area contributed by atoms with E-state index in [1.807, 2.05) is 6.07 Å². The van der Waals surface area contributed by atoms with E-state index in [4.69, 9.17) is 16.7 Å². The molecular formula is C15H15ClN2O3. The summed E-state index contributed by atoms with van der Waals surface area (Å²) >= 11 is 5.76. The van der Waals surface area contributed by atoms with Gasteiger partial charge in [0.05, 0.1) is 12.2 Å². The number of benzene rings is 1. The molecule has 0 aliphatic heterocycles. The SMILES string of the molecule is O=C(c1ccc(Cl)cc1O)N(CCO)Cc1cccnc1. The van der Waals surface area contributed by atoms with E-state index in [9.17, 15) is 9.90 Å². The van der Waals surface area contributed by atoms with Gasteiger partial charge in [0.2, 0.25) is 0 Å². The Morgan fingerprint density at radius 3 is 2.76 bits per heavy atom. The summed E-state index contributed by atoms with van der Waals surface area (Å²) in [5.41, 5.74) is 0.990. The van der Waals surface area contributed by atoms with Gasteiger partial charge >= 0.3 is 0 Å². The molecule has 5 nitrogen and oxygen atoms in total. The molecule has 0 radical (unpaired) electrons. The van der Waals surface area contributed by atoms with Crippen molar-refractivity contribution in [1.29, 1.82) is 0 Å². The van der Waals surface area contributed by atoms with Crippen molar-refractivity contribution in [2.75, 3.05) is 13.2 Å². The number of carbonyl (C=O) groups is 1. The standard InChI is InChI=1S/C15H15ClN2O3/c16-12-3-4-13(14(20)8-12)15(21)18(6-7-19)10-11-2-1-5-17-9-11/h1-5,8-9,19-20H,6-7,10H2. The number of hydrogen-bond donors (Lipinski definition) is 2. The minimum absolute atomic E-state index is 0.150. The van der Waals surface area contributed by atoms with Gasteiger partial charge in [0.25, 0.3) is 5.91 Å². The van der Waals surface area contributed by atoms with Crippen LogP contribution in [-0.2, 0) is 6.54 Å². The summed E-state index contributed by atoms with van der Waals surface area (Å²) in [4.78, 5) is 17.9. The van der Waals surface area contributed by atoms with E-state index >= 15 is 0 Å². The van der Waals surface area contributed by atoms with Crippen LogP contribution < -0.4 is 0 Å². The highest BCUT2D eigenvalue weighted by molar-refractivity contribution is 6.30. The van der Waals surface area contributed by atoms with Crippen molar-refractivity contribution in [1.82, 2.24) is 9.88 Å². The van der Waals surface area contributed by atoms with Gasteiger partial charge in [-0.15, -0.1) is 0 Å². The third kappa shape index (κ3) is 3.93. The van der Waals surface area contributed by atoms with Crippen LogP contribution in [0.3, 0.4) is 0 Å². The van der Waals surface area contributed by atoms with Gasteiger partial charge in [-0.2, -0.15) is 0 Å². The molecule has 1 amide bonds. The minimum Gasteiger partial charge on any atom is -0.507 e. The van der Waals surface area contributed by atoms with Crippen molar-refractivity contribution in [2.24, 2.45) is 0 Å². The van der Waals surface area contributed by atoms with Gasteiger partial charge in [0, 0.05) is 30.5 Å². The fraction of sp³-hybridized carbons (Fsp3) is 0.200. The highest BCUT2D eigenvalue weighted by Crippen LogP contribution is 2.23. The molecular weight excluding hydrogens is 292 g/mol. The molecule has 0 aliphatic rings. The Balaban J connectivity index is 2.23. The van der Waals surface area contributed by atoms with Crippen LogP contribution in [0, 0.1) is 0 Å². The Bertz CT molecular complexity index is 620. The summed E-state index contributed by atoms with van der Waals surface area (Å²) in [5.74, 6) is -0.552. The molecule has 2 aromatic rings. The van der Waals surface area contributed by atoms with Gasteiger partial charge < -0.3 is 15.1 Å². The van der Waals surface area contributed by atoms with Crippen molar-refractivity contribution in [2.45, 2.75) is 6.54 Å². The lowest BCUT2D eigenvalue weighted by molar-refractivity contribution is 0.0704. The summed E-state index contributed by atoms with van der Waals surface area (Å²) < 4.78 is 0. The maximum atomic E-state index is 12.5. The molecule has 1 aromatic carbocycles. The van der Waals surface area contributed by atoms with E-state index in [1.54, 1.807) is 18.5 Å². The van der Waals surface area contributed by atoms with Gasteiger partial charge in [-0.1, -0.05) is 17.7 Å². The number of rotatable bonds is 5. The number of phenolic OH excluding ortho intramolecular Hbond substituents is 1. The lowest BCUT2D eigenvalue weighted by Gasteiger charge is -2.22. The van der Waals surface area contributed by atoms with E-state index in [1.165, 1.54) is 23.1 Å². The summed E-state index contributed by atoms with van der Waals surface area (Å²) in [6, 6.07) is 7.93. The van der Waals surface area contributed by atoms with Crippen molar-refractivity contribution in [3.8, 4) is 5.75 Å². The van der Waals surface area contributed by atoms with Crippen molar-refractivity contribution < 1.29 is 15.0 Å². The second-order valence-corrected chi connectivity index (χ2v) is 4.91. The Hall–Kier alpha value is -2.11. The summed E-state index contributed by atoms with van der Waals surface area (Å²) in [7, 11) is 0. The van der Waals surface area contributed by atoms with E-state index in [-0.39, 0.29) is 30.4 Å². The zero-order valence-electron chi connectivity index (χ0n) is 11.2. The topological polar surface area (TPSA) is 73.7 Å². The zero-order chi connectivity index (χ0) is 15.2. The maximum absolute atomic E-state index is 12.5. The molecule has 6 heteroatoms. The zero-order valence-corrected chi connectivity index (χ0v) is 12.0. The first-order chi connectivity index (χ1) is 10.1. The average Bonchev–Trinajstić information content (AvgIpc) is 2.47. The molecule has 0 fully saturated rings. The number of aliphatic hydroxyl groups excluding tert-OH is 1. The van der Waals surface area contributed by atoms with Crippen LogP contribution in [-0.4, -0.2) is 39.2 Å². The Morgan fingerprint density at radius 1 is 1.33 bits per heavy atom. The number of aromatic hydroxyl groups is 1. The average molecular weight is 307 g/mol. The van der Waals surface area contributed by atoms with E-state index < -0.39 is 0 Å². The number of carbonyl (C=O) groups excluding carboxylic acids is 1. The lowest BCUT2D eigenvalue weighted by Crippen LogP contribution is -2.33.